The zero-order valence-corrected chi connectivity index (χ0v) is 17.2. The summed E-state index contributed by atoms with van der Waals surface area (Å²) < 4.78 is 11.6. The van der Waals surface area contributed by atoms with Gasteiger partial charge in [0, 0.05) is 0 Å². The number of hydrogen-bond donors (Lipinski definition) is 0. The summed E-state index contributed by atoms with van der Waals surface area (Å²) in [5, 5.41) is 0. The van der Waals surface area contributed by atoms with Crippen molar-refractivity contribution in [1.29, 1.82) is 0 Å². The third-order valence-electron chi connectivity index (χ3n) is 5.20. The molecule has 0 radical (unpaired) electrons. The van der Waals surface area contributed by atoms with Gasteiger partial charge in [-0.25, -0.2) is 4.79 Å². The second-order valence-corrected chi connectivity index (χ2v) is 7.43. The molecule has 1 aromatic heterocycles. The van der Waals surface area contributed by atoms with Gasteiger partial charge in [0.25, 0.3) is 0 Å². The van der Waals surface area contributed by atoms with E-state index in [1.54, 1.807) is 6.92 Å². The van der Waals surface area contributed by atoms with Crippen molar-refractivity contribution in [2.45, 2.75) is 26.4 Å². The van der Waals surface area contributed by atoms with E-state index in [0.717, 1.165) is 22.5 Å². The molecule has 3 nitrogen and oxygen atoms in total. The summed E-state index contributed by atoms with van der Waals surface area (Å²) in [4.78, 5) is 12.7. The molecule has 0 spiro atoms. The summed E-state index contributed by atoms with van der Waals surface area (Å²) in [6.45, 7) is 4.11. The smallest absolute Gasteiger partial charge is 0.342 e. The molecule has 0 aliphatic carbocycles. The van der Waals surface area contributed by atoms with Crippen LogP contribution >= 0.6 is 0 Å². The second kappa shape index (κ2) is 8.83. The summed E-state index contributed by atoms with van der Waals surface area (Å²) in [6, 6.07) is 30.1. The Bertz CT molecular complexity index is 1110. The Kier molecular flexibility index (Phi) is 5.80. The van der Waals surface area contributed by atoms with Crippen LogP contribution in [0.1, 0.15) is 50.1 Å². The molecule has 1 unspecified atom stereocenters. The lowest BCUT2D eigenvalue weighted by atomic mass is 9.88. The lowest BCUT2D eigenvalue weighted by Crippen LogP contribution is -2.06. The third-order valence-corrected chi connectivity index (χ3v) is 5.20. The first-order valence-electron chi connectivity index (χ1n) is 10.0. The van der Waals surface area contributed by atoms with Crippen molar-refractivity contribution in [3.8, 4) is 0 Å². The van der Waals surface area contributed by atoms with Gasteiger partial charge in [0.1, 0.15) is 23.7 Å². The van der Waals surface area contributed by atoms with Gasteiger partial charge in [0.2, 0.25) is 0 Å². The second-order valence-electron chi connectivity index (χ2n) is 7.43. The monoisotopic (exact) mass is 396 g/mol. The zero-order valence-electron chi connectivity index (χ0n) is 17.2. The van der Waals surface area contributed by atoms with Crippen molar-refractivity contribution in [3.63, 3.8) is 0 Å². The fourth-order valence-corrected chi connectivity index (χ4v) is 3.58. The predicted molar refractivity (Wildman–Crippen MR) is 118 cm³/mol. The Morgan fingerprint density at radius 3 is 2.10 bits per heavy atom. The van der Waals surface area contributed by atoms with Gasteiger partial charge < -0.3 is 9.15 Å². The molecule has 1 atom stereocenters. The van der Waals surface area contributed by atoms with Crippen LogP contribution in [0.25, 0.3) is 0 Å². The molecule has 0 aliphatic heterocycles. The lowest BCUT2D eigenvalue weighted by molar-refractivity contribution is 0.0470. The van der Waals surface area contributed by atoms with E-state index in [4.69, 9.17) is 9.15 Å². The molecule has 0 saturated heterocycles. The summed E-state index contributed by atoms with van der Waals surface area (Å²) in [7, 11) is 0. The number of furan rings is 1. The Hall–Kier alpha value is -3.59. The molecule has 30 heavy (non-hydrogen) atoms. The minimum absolute atomic E-state index is 0.0961. The number of esters is 1. The normalized spacial score (nSPS) is 11.8. The number of rotatable bonds is 6. The van der Waals surface area contributed by atoms with Crippen LogP contribution in [0.4, 0.5) is 0 Å². The Labute approximate surface area is 176 Å². The van der Waals surface area contributed by atoms with Gasteiger partial charge >= 0.3 is 5.97 Å². The molecule has 0 bridgehead atoms. The molecule has 3 heteroatoms. The first-order chi connectivity index (χ1) is 14.6. The highest BCUT2D eigenvalue weighted by molar-refractivity contribution is 5.90. The molecule has 4 rings (SSSR count). The summed E-state index contributed by atoms with van der Waals surface area (Å²) in [5.74, 6) is 0.827. The first kappa shape index (κ1) is 19.7. The molecular formula is C27H24O3. The molecule has 150 valence electrons. The molecule has 0 saturated carbocycles. The maximum Gasteiger partial charge on any atom is 0.342 e. The van der Waals surface area contributed by atoms with Crippen LogP contribution in [0.3, 0.4) is 0 Å². The van der Waals surface area contributed by atoms with E-state index in [9.17, 15) is 4.79 Å². The fraction of sp³-hybridized carbons (Fsp3) is 0.148. The van der Waals surface area contributed by atoms with Gasteiger partial charge in [-0.3, -0.25) is 0 Å². The van der Waals surface area contributed by atoms with Crippen LogP contribution in [0.2, 0.25) is 0 Å². The standard InChI is InChI=1S/C27H24O3/c1-19-13-15-23(16-14-19)26(22-11-7-4-8-12-22)25-17-24(20(2)30-25)27(28)29-18-21-9-5-3-6-10-21/h3-17,26H,18H2,1-2H3. The van der Waals surface area contributed by atoms with E-state index in [0.29, 0.717) is 11.3 Å². The van der Waals surface area contributed by atoms with Gasteiger partial charge in [0.15, 0.2) is 0 Å². The van der Waals surface area contributed by atoms with Crippen molar-refractivity contribution in [2.75, 3.05) is 0 Å². The highest BCUT2D eigenvalue weighted by Crippen LogP contribution is 2.34. The SMILES string of the molecule is Cc1ccc(C(c2ccccc2)c2cc(C(=O)OCc3ccccc3)c(C)o2)cc1. The highest BCUT2D eigenvalue weighted by atomic mass is 16.5. The summed E-state index contributed by atoms with van der Waals surface area (Å²) in [6.07, 6.45) is 0. The molecule has 1 heterocycles. The number of ether oxygens (including phenoxy) is 1. The van der Waals surface area contributed by atoms with E-state index < -0.39 is 0 Å². The van der Waals surface area contributed by atoms with Crippen molar-refractivity contribution in [1.82, 2.24) is 0 Å². The largest absolute Gasteiger partial charge is 0.464 e. The average Bonchev–Trinajstić information content (AvgIpc) is 3.16. The molecule has 0 aliphatic rings. The van der Waals surface area contributed by atoms with Crippen molar-refractivity contribution in [2.24, 2.45) is 0 Å². The minimum atomic E-state index is -0.373. The Balaban J connectivity index is 1.64. The first-order valence-corrected chi connectivity index (χ1v) is 10.0. The van der Waals surface area contributed by atoms with Gasteiger partial charge in [-0.15, -0.1) is 0 Å². The number of benzene rings is 3. The van der Waals surface area contributed by atoms with Crippen molar-refractivity contribution >= 4 is 5.97 Å². The number of hydrogen-bond acceptors (Lipinski definition) is 3. The van der Waals surface area contributed by atoms with Crippen molar-refractivity contribution in [3.05, 3.63) is 130 Å². The average molecular weight is 396 g/mol. The zero-order chi connectivity index (χ0) is 20.9. The van der Waals surface area contributed by atoms with Crippen LogP contribution in [-0.2, 0) is 11.3 Å². The molecule has 0 N–H and O–H groups in total. The van der Waals surface area contributed by atoms with E-state index in [-0.39, 0.29) is 18.5 Å². The maximum absolute atomic E-state index is 12.7. The third kappa shape index (κ3) is 4.36. The molecule has 3 aromatic carbocycles. The number of carbonyl (C=O) groups excluding carboxylic acids is 1. The van der Waals surface area contributed by atoms with Crippen LogP contribution in [-0.4, -0.2) is 5.97 Å². The van der Waals surface area contributed by atoms with Crippen LogP contribution in [0, 0.1) is 13.8 Å². The summed E-state index contributed by atoms with van der Waals surface area (Å²) >= 11 is 0. The van der Waals surface area contributed by atoms with Gasteiger partial charge in [-0.1, -0.05) is 90.5 Å². The van der Waals surface area contributed by atoms with E-state index in [1.165, 1.54) is 5.56 Å². The molecule has 0 amide bonds. The lowest BCUT2D eigenvalue weighted by Gasteiger charge is -2.16. The van der Waals surface area contributed by atoms with Crippen LogP contribution in [0.15, 0.2) is 95.4 Å². The summed E-state index contributed by atoms with van der Waals surface area (Å²) in [5.41, 5.74) is 4.85. The molecule has 4 aromatic rings. The highest BCUT2D eigenvalue weighted by Gasteiger charge is 2.24. The number of carbonyl (C=O) groups is 1. The van der Waals surface area contributed by atoms with Gasteiger partial charge in [-0.05, 0) is 36.6 Å². The quantitative estimate of drug-likeness (QED) is 0.352. The Morgan fingerprint density at radius 1 is 0.833 bits per heavy atom. The van der Waals surface area contributed by atoms with Gasteiger partial charge in [0.05, 0.1) is 5.92 Å². The number of aryl methyl sites for hydroxylation is 2. The topological polar surface area (TPSA) is 39.4 Å². The van der Waals surface area contributed by atoms with E-state index in [1.807, 2.05) is 54.6 Å². The predicted octanol–water partition coefficient (Wildman–Crippen LogP) is 6.43. The molecular weight excluding hydrogens is 372 g/mol. The maximum atomic E-state index is 12.7. The van der Waals surface area contributed by atoms with Gasteiger partial charge in [-0.2, -0.15) is 0 Å². The minimum Gasteiger partial charge on any atom is -0.464 e. The van der Waals surface area contributed by atoms with Crippen molar-refractivity contribution < 1.29 is 13.9 Å². The van der Waals surface area contributed by atoms with Crippen LogP contribution < -0.4 is 0 Å². The van der Waals surface area contributed by atoms with Crippen LogP contribution in [0.5, 0.6) is 0 Å². The van der Waals surface area contributed by atoms with E-state index >= 15 is 0 Å². The fourth-order valence-electron chi connectivity index (χ4n) is 3.58. The Morgan fingerprint density at radius 2 is 1.43 bits per heavy atom. The molecule has 0 fully saturated rings. The van der Waals surface area contributed by atoms with E-state index in [2.05, 4.69) is 43.3 Å².